The summed E-state index contributed by atoms with van der Waals surface area (Å²) < 4.78 is 20.6. The fourth-order valence-corrected chi connectivity index (χ4v) is 2.18. The van der Waals surface area contributed by atoms with Crippen LogP contribution in [-0.4, -0.2) is 39.3 Å². The van der Waals surface area contributed by atoms with Gasteiger partial charge in [0.15, 0.2) is 6.10 Å². The number of esters is 1. The van der Waals surface area contributed by atoms with Crippen LogP contribution in [0.5, 0.6) is 17.2 Å². The minimum atomic E-state index is -1.01. The van der Waals surface area contributed by atoms with Crippen molar-refractivity contribution in [3.8, 4) is 17.2 Å². The fraction of sp³-hybridized carbons (Fsp3) is 0.263. The molecule has 0 spiro atoms. The van der Waals surface area contributed by atoms with Gasteiger partial charge in [-0.05, 0) is 37.3 Å². The number of hydrogen-bond donors (Lipinski definition) is 1. The van der Waals surface area contributed by atoms with Crippen LogP contribution in [0, 0.1) is 0 Å². The van der Waals surface area contributed by atoms with E-state index in [-0.39, 0.29) is 0 Å². The summed E-state index contributed by atoms with van der Waals surface area (Å²) >= 11 is 0. The highest BCUT2D eigenvalue weighted by Crippen LogP contribution is 2.29. The quantitative estimate of drug-likeness (QED) is 0.766. The third-order valence-electron chi connectivity index (χ3n) is 3.62. The second-order valence-corrected chi connectivity index (χ2v) is 5.33. The number of benzene rings is 2. The normalized spacial score (nSPS) is 11.2. The Kier molecular flexibility index (Phi) is 6.43. The molecule has 0 heterocycles. The summed E-state index contributed by atoms with van der Waals surface area (Å²) in [6.45, 7) is 1.49. The van der Waals surface area contributed by atoms with Gasteiger partial charge in [-0.15, -0.1) is 0 Å². The van der Waals surface area contributed by atoms with Gasteiger partial charge in [0.05, 0.1) is 32.6 Å². The van der Waals surface area contributed by atoms with E-state index in [2.05, 4.69) is 5.32 Å². The summed E-state index contributed by atoms with van der Waals surface area (Å²) in [6.07, 6.45) is -1.01. The van der Waals surface area contributed by atoms with Crippen molar-refractivity contribution in [2.45, 2.75) is 13.0 Å². The third-order valence-corrected chi connectivity index (χ3v) is 3.62. The maximum absolute atomic E-state index is 12.4. The zero-order valence-corrected chi connectivity index (χ0v) is 15.1. The topological polar surface area (TPSA) is 83.1 Å². The van der Waals surface area contributed by atoms with Crippen LogP contribution in [0.15, 0.2) is 42.5 Å². The molecule has 1 N–H and O–H groups in total. The molecule has 0 fully saturated rings. The van der Waals surface area contributed by atoms with Crippen LogP contribution in [0.3, 0.4) is 0 Å². The lowest BCUT2D eigenvalue weighted by atomic mass is 10.2. The second-order valence-electron chi connectivity index (χ2n) is 5.33. The molecule has 0 saturated carbocycles. The van der Waals surface area contributed by atoms with Gasteiger partial charge in [-0.3, -0.25) is 4.79 Å². The number of rotatable bonds is 7. The van der Waals surface area contributed by atoms with Crippen LogP contribution in [0.1, 0.15) is 17.3 Å². The van der Waals surface area contributed by atoms with Gasteiger partial charge in [0.2, 0.25) is 0 Å². The Balaban J connectivity index is 2.06. The summed E-state index contributed by atoms with van der Waals surface area (Å²) in [6, 6.07) is 11.5. The number of carbonyl (C=O) groups excluding carboxylic acids is 2. The molecule has 2 aromatic rings. The molecule has 0 aliphatic rings. The zero-order valence-electron chi connectivity index (χ0n) is 15.1. The highest BCUT2D eigenvalue weighted by molar-refractivity contribution is 5.98. The summed E-state index contributed by atoms with van der Waals surface area (Å²) in [4.78, 5) is 24.6. The lowest BCUT2D eigenvalue weighted by Crippen LogP contribution is -2.30. The van der Waals surface area contributed by atoms with Crippen LogP contribution in [-0.2, 0) is 9.53 Å². The average Bonchev–Trinajstić information content (AvgIpc) is 2.67. The van der Waals surface area contributed by atoms with Crippen molar-refractivity contribution in [3.63, 3.8) is 0 Å². The van der Waals surface area contributed by atoms with E-state index >= 15 is 0 Å². The van der Waals surface area contributed by atoms with E-state index in [1.165, 1.54) is 34.3 Å². The van der Waals surface area contributed by atoms with Crippen LogP contribution >= 0.6 is 0 Å². The van der Waals surface area contributed by atoms with Gasteiger partial charge in [-0.1, -0.05) is 6.07 Å². The maximum Gasteiger partial charge on any atom is 0.339 e. The van der Waals surface area contributed by atoms with E-state index in [1.807, 2.05) is 0 Å². The number of ether oxygens (including phenoxy) is 4. The first-order valence-corrected chi connectivity index (χ1v) is 7.86. The zero-order chi connectivity index (χ0) is 19.1. The van der Waals surface area contributed by atoms with E-state index in [0.29, 0.717) is 28.5 Å². The maximum atomic E-state index is 12.4. The largest absolute Gasteiger partial charge is 0.497 e. The lowest BCUT2D eigenvalue weighted by Gasteiger charge is -2.16. The first-order valence-electron chi connectivity index (χ1n) is 7.86. The monoisotopic (exact) mass is 359 g/mol. The number of carbonyl (C=O) groups is 2. The minimum Gasteiger partial charge on any atom is -0.497 e. The summed E-state index contributed by atoms with van der Waals surface area (Å²) in [5.41, 5.74) is 0.712. The number of amides is 1. The molecule has 0 saturated heterocycles. The molecule has 0 aliphatic carbocycles. The van der Waals surface area contributed by atoms with E-state index in [1.54, 1.807) is 36.4 Å². The summed E-state index contributed by atoms with van der Waals surface area (Å²) in [5, 5.41) is 2.67. The van der Waals surface area contributed by atoms with Crippen molar-refractivity contribution in [1.82, 2.24) is 0 Å². The van der Waals surface area contributed by atoms with E-state index in [4.69, 9.17) is 18.9 Å². The number of hydrogen-bond acceptors (Lipinski definition) is 6. The molecule has 1 amide bonds. The molecular formula is C19H21NO6. The standard InChI is InChI=1S/C19H21NO6/c1-12(26-19(22)13-6-5-7-14(10-13)23-2)18(21)20-16-11-15(24-3)8-9-17(16)25-4/h5-12H,1-4H3,(H,20,21). The molecule has 26 heavy (non-hydrogen) atoms. The van der Waals surface area contributed by atoms with Crippen molar-refractivity contribution >= 4 is 17.6 Å². The first kappa shape index (κ1) is 19.1. The van der Waals surface area contributed by atoms with Crippen molar-refractivity contribution < 1.29 is 28.5 Å². The van der Waals surface area contributed by atoms with Gasteiger partial charge in [-0.2, -0.15) is 0 Å². The van der Waals surface area contributed by atoms with Gasteiger partial charge >= 0.3 is 5.97 Å². The molecule has 1 unspecified atom stereocenters. The summed E-state index contributed by atoms with van der Waals surface area (Å²) in [7, 11) is 4.51. The number of nitrogens with one attached hydrogen (secondary N) is 1. The Labute approximate surface area is 151 Å². The molecule has 1 atom stereocenters. The van der Waals surface area contributed by atoms with Crippen LogP contribution < -0.4 is 19.5 Å². The predicted molar refractivity (Wildman–Crippen MR) is 96.0 cm³/mol. The average molecular weight is 359 g/mol. The molecule has 7 nitrogen and oxygen atoms in total. The van der Waals surface area contributed by atoms with E-state index < -0.39 is 18.0 Å². The van der Waals surface area contributed by atoms with Gasteiger partial charge in [0.1, 0.15) is 17.2 Å². The van der Waals surface area contributed by atoms with Gasteiger partial charge in [0.25, 0.3) is 5.91 Å². The van der Waals surface area contributed by atoms with E-state index in [0.717, 1.165) is 0 Å². The molecule has 0 aliphatic heterocycles. The Morgan fingerprint density at radius 1 is 0.923 bits per heavy atom. The summed E-state index contributed by atoms with van der Waals surface area (Å²) in [5.74, 6) is 0.433. The van der Waals surface area contributed by atoms with Crippen molar-refractivity contribution in [2.24, 2.45) is 0 Å². The Bertz CT molecular complexity index is 789. The number of methoxy groups -OCH3 is 3. The Morgan fingerprint density at radius 3 is 2.27 bits per heavy atom. The van der Waals surface area contributed by atoms with E-state index in [9.17, 15) is 9.59 Å². The molecule has 0 bridgehead atoms. The van der Waals surface area contributed by atoms with Gasteiger partial charge in [-0.25, -0.2) is 4.79 Å². The lowest BCUT2D eigenvalue weighted by molar-refractivity contribution is -0.123. The second kappa shape index (κ2) is 8.75. The Morgan fingerprint density at radius 2 is 1.62 bits per heavy atom. The SMILES string of the molecule is COc1cccc(C(=O)OC(C)C(=O)Nc2cc(OC)ccc2OC)c1. The highest BCUT2D eigenvalue weighted by atomic mass is 16.5. The number of anilines is 1. The molecule has 0 aromatic heterocycles. The smallest absolute Gasteiger partial charge is 0.339 e. The molecule has 2 rings (SSSR count). The molecular weight excluding hydrogens is 338 g/mol. The van der Waals surface area contributed by atoms with Crippen LogP contribution in [0.4, 0.5) is 5.69 Å². The van der Waals surface area contributed by atoms with Crippen molar-refractivity contribution in [3.05, 3.63) is 48.0 Å². The molecule has 7 heteroatoms. The first-order chi connectivity index (χ1) is 12.5. The predicted octanol–water partition coefficient (Wildman–Crippen LogP) is 2.90. The minimum absolute atomic E-state index is 0.294. The van der Waals surface area contributed by atoms with Gasteiger partial charge in [0, 0.05) is 6.07 Å². The molecule has 0 radical (unpaired) electrons. The van der Waals surface area contributed by atoms with Crippen molar-refractivity contribution in [1.29, 1.82) is 0 Å². The fourth-order valence-electron chi connectivity index (χ4n) is 2.18. The molecule has 138 valence electrons. The van der Waals surface area contributed by atoms with Gasteiger partial charge < -0.3 is 24.3 Å². The Hall–Kier alpha value is -3.22. The third kappa shape index (κ3) is 4.66. The molecule has 2 aromatic carbocycles. The highest BCUT2D eigenvalue weighted by Gasteiger charge is 2.20. The van der Waals surface area contributed by atoms with Crippen LogP contribution in [0.2, 0.25) is 0 Å². The van der Waals surface area contributed by atoms with Crippen LogP contribution in [0.25, 0.3) is 0 Å². The van der Waals surface area contributed by atoms with Crippen molar-refractivity contribution in [2.75, 3.05) is 26.6 Å².